The Morgan fingerprint density at radius 3 is 2.78 bits per heavy atom. The van der Waals surface area contributed by atoms with Gasteiger partial charge in [-0.3, -0.25) is 0 Å². The molecule has 0 aromatic carbocycles. The largest absolute Gasteiger partial charge is 0.355 e. The van der Waals surface area contributed by atoms with E-state index in [4.69, 9.17) is 11.6 Å². The van der Waals surface area contributed by atoms with Gasteiger partial charge in [-0.25, -0.2) is 15.0 Å². The quantitative estimate of drug-likeness (QED) is 0.847. The first-order chi connectivity index (χ1) is 11.2. The highest BCUT2D eigenvalue weighted by Crippen LogP contribution is 2.35. The molecule has 2 aliphatic rings. The van der Waals surface area contributed by atoms with E-state index < -0.39 is 0 Å². The number of hydrogen-bond acceptors (Lipinski definition) is 5. The smallest absolute Gasteiger partial charge is 0.225 e. The Balaban J connectivity index is 1.56. The molecule has 23 heavy (non-hydrogen) atoms. The van der Waals surface area contributed by atoms with E-state index in [0.717, 1.165) is 43.0 Å². The maximum absolute atomic E-state index is 5.95. The minimum Gasteiger partial charge on any atom is -0.355 e. The Kier molecular flexibility index (Phi) is 3.81. The molecule has 0 radical (unpaired) electrons. The molecule has 4 heterocycles. The monoisotopic (exact) mass is 329 g/mol. The molecule has 2 atom stereocenters. The van der Waals surface area contributed by atoms with Crippen molar-refractivity contribution in [2.45, 2.75) is 25.8 Å². The zero-order valence-corrected chi connectivity index (χ0v) is 13.9. The van der Waals surface area contributed by atoms with Crippen molar-refractivity contribution in [2.75, 3.05) is 29.4 Å². The van der Waals surface area contributed by atoms with E-state index in [1.165, 1.54) is 12.8 Å². The number of fused-ring (bicyclic) bond motifs is 1. The molecule has 0 spiro atoms. The third kappa shape index (κ3) is 2.85. The summed E-state index contributed by atoms with van der Waals surface area (Å²) in [7, 11) is 0. The van der Waals surface area contributed by atoms with Crippen LogP contribution < -0.4 is 9.80 Å². The zero-order valence-electron chi connectivity index (χ0n) is 13.2. The summed E-state index contributed by atoms with van der Waals surface area (Å²) in [5.41, 5.74) is 1.02. The molecule has 0 saturated carbocycles. The lowest BCUT2D eigenvalue weighted by Gasteiger charge is -2.39. The van der Waals surface area contributed by atoms with E-state index in [-0.39, 0.29) is 0 Å². The Morgan fingerprint density at radius 2 is 2.00 bits per heavy atom. The highest BCUT2D eigenvalue weighted by Gasteiger charge is 2.39. The van der Waals surface area contributed by atoms with Gasteiger partial charge in [-0.15, -0.1) is 0 Å². The summed E-state index contributed by atoms with van der Waals surface area (Å²) in [5, 5.41) is 0.680. The number of pyridine rings is 1. The highest BCUT2D eigenvalue weighted by atomic mass is 35.5. The van der Waals surface area contributed by atoms with Gasteiger partial charge in [0, 0.05) is 37.7 Å². The van der Waals surface area contributed by atoms with E-state index in [1.807, 2.05) is 31.3 Å². The first-order valence-corrected chi connectivity index (χ1v) is 8.51. The first kappa shape index (κ1) is 14.7. The van der Waals surface area contributed by atoms with E-state index >= 15 is 0 Å². The predicted octanol–water partition coefficient (Wildman–Crippen LogP) is 2.94. The van der Waals surface area contributed by atoms with Gasteiger partial charge in [0.05, 0.1) is 11.1 Å². The van der Waals surface area contributed by atoms with Crippen molar-refractivity contribution in [3.05, 3.63) is 41.3 Å². The maximum Gasteiger partial charge on any atom is 0.225 e. The van der Waals surface area contributed by atoms with Crippen molar-refractivity contribution >= 4 is 23.4 Å². The second-order valence-corrected chi connectivity index (χ2v) is 6.81. The van der Waals surface area contributed by atoms with Crippen molar-refractivity contribution in [2.24, 2.45) is 5.92 Å². The van der Waals surface area contributed by atoms with Crippen molar-refractivity contribution < 1.29 is 0 Å². The number of rotatable bonds is 2. The van der Waals surface area contributed by atoms with E-state index in [9.17, 15) is 0 Å². The molecule has 2 aromatic rings. The fourth-order valence-electron chi connectivity index (χ4n) is 3.73. The summed E-state index contributed by atoms with van der Waals surface area (Å²) in [6, 6.07) is 6.32. The number of aromatic nitrogens is 3. The topological polar surface area (TPSA) is 45.2 Å². The molecule has 0 N–H and O–H groups in total. The normalized spacial score (nSPS) is 23.9. The van der Waals surface area contributed by atoms with Crippen LogP contribution >= 0.6 is 11.6 Å². The third-order valence-corrected chi connectivity index (χ3v) is 5.16. The number of aryl methyl sites for hydroxylation is 1. The highest BCUT2D eigenvalue weighted by molar-refractivity contribution is 6.30. The van der Waals surface area contributed by atoms with Gasteiger partial charge in [0.25, 0.3) is 0 Å². The molecule has 0 aliphatic carbocycles. The summed E-state index contributed by atoms with van der Waals surface area (Å²) in [6.45, 7) is 5.08. The van der Waals surface area contributed by atoms with Gasteiger partial charge in [0.15, 0.2) is 0 Å². The SMILES string of the molecule is Cc1ccnc(N2CCC3CCN(c4ccc(Cl)cn4)CC32)n1. The van der Waals surface area contributed by atoms with Crippen LogP contribution in [0.5, 0.6) is 0 Å². The van der Waals surface area contributed by atoms with Gasteiger partial charge in [0.2, 0.25) is 5.95 Å². The molecule has 2 aliphatic heterocycles. The number of nitrogens with zero attached hydrogens (tertiary/aromatic N) is 5. The third-order valence-electron chi connectivity index (χ3n) is 4.94. The van der Waals surface area contributed by atoms with Gasteiger partial charge in [-0.2, -0.15) is 0 Å². The van der Waals surface area contributed by atoms with Crippen LogP contribution in [0, 0.1) is 12.8 Å². The molecule has 0 bridgehead atoms. The molecule has 2 unspecified atom stereocenters. The van der Waals surface area contributed by atoms with Crippen molar-refractivity contribution in [1.29, 1.82) is 0 Å². The average molecular weight is 330 g/mol. The summed E-state index contributed by atoms with van der Waals surface area (Å²) in [4.78, 5) is 18.3. The molecule has 2 saturated heterocycles. The minimum atomic E-state index is 0.461. The first-order valence-electron chi connectivity index (χ1n) is 8.13. The molecular formula is C17H20ClN5. The number of piperidine rings is 1. The van der Waals surface area contributed by atoms with Crippen LogP contribution in [0.4, 0.5) is 11.8 Å². The average Bonchev–Trinajstić information content (AvgIpc) is 2.98. The van der Waals surface area contributed by atoms with Crippen LogP contribution in [-0.4, -0.2) is 40.6 Å². The molecule has 2 aromatic heterocycles. The summed E-state index contributed by atoms with van der Waals surface area (Å²) in [5.74, 6) is 2.59. The van der Waals surface area contributed by atoms with Gasteiger partial charge in [-0.1, -0.05) is 11.6 Å². The number of halogens is 1. The van der Waals surface area contributed by atoms with Crippen molar-refractivity contribution in [1.82, 2.24) is 15.0 Å². The van der Waals surface area contributed by atoms with E-state index in [2.05, 4.69) is 24.8 Å². The summed E-state index contributed by atoms with van der Waals surface area (Å²) < 4.78 is 0. The molecule has 2 fully saturated rings. The molecule has 120 valence electrons. The van der Waals surface area contributed by atoms with Gasteiger partial charge < -0.3 is 9.80 Å². The molecule has 0 amide bonds. The van der Waals surface area contributed by atoms with Crippen LogP contribution in [-0.2, 0) is 0 Å². The Labute approximate surface area is 141 Å². The second kappa shape index (κ2) is 5.96. The Morgan fingerprint density at radius 1 is 1.13 bits per heavy atom. The van der Waals surface area contributed by atoms with Crippen LogP contribution in [0.25, 0.3) is 0 Å². The second-order valence-electron chi connectivity index (χ2n) is 6.38. The fourth-order valence-corrected chi connectivity index (χ4v) is 3.84. The lowest BCUT2D eigenvalue weighted by Crippen LogP contribution is -2.49. The van der Waals surface area contributed by atoms with Crippen LogP contribution in [0.15, 0.2) is 30.6 Å². The standard InChI is InChI=1S/C17H20ClN5/c1-12-4-7-19-17(21-12)23-9-6-13-5-8-22(11-15(13)23)16-3-2-14(18)10-20-16/h2-4,7,10,13,15H,5-6,8-9,11H2,1H3. The molecule has 5 nitrogen and oxygen atoms in total. The maximum atomic E-state index is 5.95. The lowest BCUT2D eigenvalue weighted by molar-refractivity contribution is 0.387. The lowest BCUT2D eigenvalue weighted by atomic mass is 9.92. The van der Waals surface area contributed by atoms with Gasteiger partial charge in [-0.05, 0) is 43.9 Å². The number of hydrogen-bond donors (Lipinski definition) is 0. The van der Waals surface area contributed by atoms with Crippen LogP contribution in [0.1, 0.15) is 18.5 Å². The summed E-state index contributed by atoms with van der Waals surface area (Å²) in [6.07, 6.45) is 5.99. The predicted molar refractivity (Wildman–Crippen MR) is 92.1 cm³/mol. The summed E-state index contributed by atoms with van der Waals surface area (Å²) >= 11 is 5.95. The Hall–Kier alpha value is -1.88. The number of anilines is 2. The fraction of sp³-hybridized carbons (Fsp3) is 0.471. The van der Waals surface area contributed by atoms with E-state index in [1.54, 1.807) is 6.20 Å². The Bertz CT molecular complexity index is 690. The van der Waals surface area contributed by atoms with Crippen LogP contribution in [0.2, 0.25) is 5.02 Å². The molecule has 4 rings (SSSR count). The van der Waals surface area contributed by atoms with E-state index in [0.29, 0.717) is 11.1 Å². The van der Waals surface area contributed by atoms with Crippen molar-refractivity contribution in [3.63, 3.8) is 0 Å². The minimum absolute atomic E-state index is 0.461. The van der Waals surface area contributed by atoms with Gasteiger partial charge in [0.1, 0.15) is 5.82 Å². The van der Waals surface area contributed by atoms with Gasteiger partial charge >= 0.3 is 0 Å². The zero-order chi connectivity index (χ0) is 15.8. The molecule has 6 heteroatoms. The molecular weight excluding hydrogens is 310 g/mol. The van der Waals surface area contributed by atoms with Crippen LogP contribution in [0.3, 0.4) is 0 Å². The van der Waals surface area contributed by atoms with Crippen molar-refractivity contribution in [3.8, 4) is 0 Å².